The fraction of sp³-hybridized carbons (Fsp3) is 0.682. The third kappa shape index (κ3) is 6.24. The summed E-state index contributed by atoms with van der Waals surface area (Å²) in [5, 5.41) is 3.62. The predicted molar refractivity (Wildman–Crippen MR) is 114 cm³/mol. The van der Waals surface area contributed by atoms with Gasteiger partial charge in [-0.05, 0) is 64.9 Å². The number of benzene rings is 1. The number of carbonyl (C=O) groups is 1. The largest absolute Gasteiger partial charge is 0.492 e. The minimum Gasteiger partial charge on any atom is -0.492 e. The molecule has 1 saturated heterocycles. The van der Waals surface area contributed by atoms with Gasteiger partial charge in [0.25, 0.3) is 0 Å². The van der Waals surface area contributed by atoms with Gasteiger partial charge in [0.15, 0.2) is 0 Å². The molecule has 1 fully saturated rings. The normalized spacial score (nSPS) is 19.2. The van der Waals surface area contributed by atoms with Crippen molar-refractivity contribution in [2.45, 2.75) is 51.8 Å². The topological polar surface area (TPSA) is 63.3 Å². The van der Waals surface area contributed by atoms with Crippen molar-refractivity contribution in [2.75, 3.05) is 52.3 Å². The van der Waals surface area contributed by atoms with E-state index in [1.807, 2.05) is 34.9 Å². The lowest BCUT2D eigenvalue weighted by Gasteiger charge is -2.33. The number of nitrogens with zero attached hydrogens (tertiary/aromatic N) is 2. The molecule has 29 heavy (non-hydrogen) atoms. The molecule has 0 bridgehead atoms. The molecule has 1 amide bonds. The molecule has 162 valence electrons. The molecule has 7 heteroatoms. The summed E-state index contributed by atoms with van der Waals surface area (Å²) in [6, 6.07) is 4.46. The van der Waals surface area contributed by atoms with Crippen LogP contribution in [0.5, 0.6) is 5.75 Å². The van der Waals surface area contributed by atoms with Gasteiger partial charge in [-0.2, -0.15) is 0 Å². The number of likely N-dealkylation sites (N-methyl/N-ethyl adjacent to an activating group) is 1. The van der Waals surface area contributed by atoms with Gasteiger partial charge in [-0.15, -0.1) is 0 Å². The third-order valence-electron chi connectivity index (χ3n) is 5.06. The Morgan fingerprint density at radius 3 is 2.79 bits per heavy atom. The molecule has 1 N–H and O–H groups in total. The number of carbonyl (C=O) groups excluding carboxylic acids is 1. The van der Waals surface area contributed by atoms with Crippen LogP contribution < -0.4 is 10.1 Å². The van der Waals surface area contributed by atoms with E-state index in [0.717, 1.165) is 43.0 Å². The number of amides is 1. The summed E-state index contributed by atoms with van der Waals surface area (Å²) in [6.45, 7) is 9.87. The zero-order valence-electron chi connectivity index (χ0n) is 18.4. The standard InChI is InChI=1S/C22H35N3O4/c1-22(2,3)29-21(26)25-8-6-16-12-18(28-11-9-24(4)5)13-20(19(16)14-25)23-17-7-10-27-15-17/h12-13,17,23H,6-11,14-15H2,1-5H3/t17-/m0/s1. The first-order valence-corrected chi connectivity index (χ1v) is 10.5. The highest BCUT2D eigenvalue weighted by Gasteiger charge is 2.28. The molecule has 2 heterocycles. The van der Waals surface area contributed by atoms with Crippen molar-refractivity contribution in [3.63, 3.8) is 0 Å². The van der Waals surface area contributed by atoms with Crippen LogP contribution in [0.1, 0.15) is 38.3 Å². The van der Waals surface area contributed by atoms with Crippen molar-refractivity contribution in [1.82, 2.24) is 9.80 Å². The number of anilines is 1. The van der Waals surface area contributed by atoms with Gasteiger partial charge in [0, 0.05) is 31.5 Å². The molecule has 1 aromatic rings. The van der Waals surface area contributed by atoms with Gasteiger partial charge < -0.3 is 29.3 Å². The first-order valence-electron chi connectivity index (χ1n) is 10.5. The fourth-order valence-electron chi connectivity index (χ4n) is 3.55. The number of nitrogens with one attached hydrogen (secondary N) is 1. The van der Waals surface area contributed by atoms with Gasteiger partial charge >= 0.3 is 6.09 Å². The Kier molecular flexibility index (Phi) is 6.90. The summed E-state index contributed by atoms with van der Waals surface area (Å²) in [5.74, 6) is 0.873. The van der Waals surface area contributed by atoms with Gasteiger partial charge in [0.1, 0.15) is 18.0 Å². The van der Waals surface area contributed by atoms with Gasteiger partial charge in [0.2, 0.25) is 0 Å². The highest BCUT2D eigenvalue weighted by Crippen LogP contribution is 2.33. The van der Waals surface area contributed by atoms with Crippen molar-refractivity contribution in [2.24, 2.45) is 0 Å². The Hall–Kier alpha value is -1.99. The molecule has 0 aliphatic carbocycles. The number of hydrogen-bond donors (Lipinski definition) is 1. The Morgan fingerprint density at radius 2 is 2.14 bits per heavy atom. The smallest absolute Gasteiger partial charge is 0.410 e. The summed E-state index contributed by atoms with van der Waals surface area (Å²) in [6.07, 6.45) is 1.51. The minimum absolute atomic E-state index is 0.260. The van der Waals surface area contributed by atoms with Crippen molar-refractivity contribution in [1.29, 1.82) is 0 Å². The van der Waals surface area contributed by atoms with Crippen LogP contribution in [0.2, 0.25) is 0 Å². The van der Waals surface area contributed by atoms with E-state index in [1.54, 1.807) is 4.90 Å². The van der Waals surface area contributed by atoms with E-state index in [9.17, 15) is 4.79 Å². The molecule has 0 spiro atoms. The van der Waals surface area contributed by atoms with Crippen molar-refractivity contribution in [3.05, 3.63) is 23.3 Å². The molecule has 0 unspecified atom stereocenters. The van der Waals surface area contributed by atoms with Gasteiger partial charge in [0.05, 0.1) is 19.2 Å². The second-order valence-corrected chi connectivity index (χ2v) is 9.12. The van der Waals surface area contributed by atoms with Crippen molar-refractivity contribution >= 4 is 11.8 Å². The number of fused-ring (bicyclic) bond motifs is 1. The van der Waals surface area contributed by atoms with Crippen LogP contribution in [-0.4, -0.2) is 74.5 Å². The lowest BCUT2D eigenvalue weighted by molar-refractivity contribution is 0.0224. The van der Waals surface area contributed by atoms with Crippen LogP contribution in [0.15, 0.2) is 12.1 Å². The molecular formula is C22H35N3O4. The molecule has 0 aromatic heterocycles. The second-order valence-electron chi connectivity index (χ2n) is 9.12. The van der Waals surface area contributed by atoms with Gasteiger partial charge in [-0.25, -0.2) is 4.79 Å². The predicted octanol–water partition coefficient (Wildman–Crippen LogP) is 3.12. The monoisotopic (exact) mass is 405 g/mol. The van der Waals surface area contributed by atoms with Crippen LogP contribution in [0, 0.1) is 0 Å². The third-order valence-corrected chi connectivity index (χ3v) is 5.06. The molecular weight excluding hydrogens is 370 g/mol. The minimum atomic E-state index is -0.496. The lowest BCUT2D eigenvalue weighted by Crippen LogP contribution is -2.40. The average molecular weight is 406 g/mol. The lowest BCUT2D eigenvalue weighted by atomic mass is 9.97. The molecule has 7 nitrogen and oxygen atoms in total. The Labute approximate surface area is 174 Å². The van der Waals surface area contributed by atoms with E-state index < -0.39 is 5.60 Å². The van der Waals surface area contributed by atoms with Crippen LogP contribution in [0.3, 0.4) is 0 Å². The van der Waals surface area contributed by atoms with Crippen molar-refractivity contribution < 1.29 is 19.0 Å². The molecule has 0 saturated carbocycles. The zero-order chi connectivity index (χ0) is 21.0. The highest BCUT2D eigenvalue weighted by molar-refractivity contribution is 5.70. The second kappa shape index (κ2) is 9.22. The first kappa shape index (κ1) is 21.7. The molecule has 2 aliphatic rings. The van der Waals surface area contributed by atoms with E-state index in [2.05, 4.69) is 22.3 Å². The molecule has 2 aliphatic heterocycles. The number of hydrogen-bond acceptors (Lipinski definition) is 6. The first-order chi connectivity index (χ1) is 13.7. The van der Waals surface area contributed by atoms with Crippen LogP contribution in [0.25, 0.3) is 0 Å². The summed E-state index contributed by atoms with van der Waals surface area (Å²) in [5.41, 5.74) is 2.91. The quantitative estimate of drug-likeness (QED) is 0.785. The number of rotatable bonds is 6. The molecule has 1 atom stereocenters. The van der Waals surface area contributed by atoms with Crippen LogP contribution in [0.4, 0.5) is 10.5 Å². The SMILES string of the molecule is CN(C)CCOc1cc2c(c(N[C@H]3CCOC3)c1)CN(C(=O)OC(C)(C)C)CC2. The maximum Gasteiger partial charge on any atom is 0.410 e. The summed E-state index contributed by atoms with van der Waals surface area (Å²) < 4.78 is 17.1. The molecule has 3 rings (SSSR count). The Morgan fingerprint density at radius 1 is 1.34 bits per heavy atom. The van der Waals surface area contributed by atoms with Gasteiger partial charge in [-0.3, -0.25) is 0 Å². The van der Waals surface area contributed by atoms with Gasteiger partial charge in [-0.1, -0.05) is 0 Å². The maximum absolute atomic E-state index is 12.6. The summed E-state index contributed by atoms with van der Waals surface area (Å²) >= 11 is 0. The zero-order valence-corrected chi connectivity index (χ0v) is 18.4. The average Bonchev–Trinajstić information content (AvgIpc) is 3.12. The van der Waals surface area contributed by atoms with Crippen LogP contribution in [-0.2, 0) is 22.4 Å². The Balaban J connectivity index is 1.79. The fourth-order valence-corrected chi connectivity index (χ4v) is 3.55. The molecule has 0 radical (unpaired) electrons. The van der Waals surface area contributed by atoms with E-state index in [0.29, 0.717) is 26.3 Å². The van der Waals surface area contributed by atoms with E-state index >= 15 is 0 Å². The maximum atomic E-state index is 12.6. The van der Waals surface area contributed by atoms with Crippen molar-refractivity contribution in [3.8, 4) is 5.75 Å². The summed E-state index contributed by atoms with van der Waals surface area (Å²) in [7, 11) is 4.07. The number of ether oxygens (including phenoxy) is 3. The van der Waals surface area contributed by atoms with E-state index in [1.165, 1.54) is 5.56 Å². The van der Waals surface area contributed by atoms with E-state index in [4.69, 9.17) is 14.2 Å². The van der Waals surface area contributed by atoms with E-state index in [-0.39, 0.29) is 12.1 Å². The highest BCUT2D eigenvalue weighted by atomic mass is 16.6. The van der Waals surface area contributed by atoms with Crippen LogP contribution >= 0.6 is 0 Å². The summed E-state index contributed by atoms with van der Waals surface area (Å²) in [4.78, 5) is 16.5. The molecule has 1 aromatic carbocycles. The Bertz CT molecular complexity index is 709.